The van der Waals surface area contributed by atoms with Crippen molar-refractivity contribution in [3.8, 4) is 5.75 Å². The van der Waals surface area contributed by atoms with Crippen LogP contribution in [0, 0.1) is 5.82 Å². The molecule has 1 heterocycles. The fourth-order valence-corrected chi connectivity index (χ4v) is 5.22. The van der Waals surface area contributed by atoms with Gasteiger partial charge in [-0.2, -0.15) is 0 Å². The molecule has 0 aromatic heterocycles. The number of benzene rings is 2. The van der Waals surface area contributed by atoms with Crippen molar-refractivity contribution in [3.63, 3.8) is 0 Å². The van der Waals surface area contributed by atoms with Gasteiger partial charge in [0.05, 0.1) is 23.1 Å². The fraction of sp³-hybridized carbons (Fsp3) is 0.316. The minimum atomic E-state index is -3.24. The zero-order valence-corrected chi connectivity index (χ0v) is 17.1. The van der Waals surface area contributed by atoms with E-state index in [1.54, 1.807) is 24.3 Å². The Morgan fingerprint density at radius 1 is 1.14 bits per heavy atom. The van der Waals surface area contributed by atoms with Gasteiger partial charge in [0.2, 0.25) is 0 Å². The van der Waals surface area contributed by atoms with Crippen LogP contribution in [0.5, 0.6) is 5.75 Å². The van der Waals surface area contributed by atoms with Crippen molar-refractivity contribution in [1.82, 2.24) is 4.90 Å². The molecule has 0 saturated carbocycles. The lowest BCUT2D eigenvalue weighted by molar-refractivity contribution is -0.136. The van der Waals surface area contributed by atoms with Crippen molar-refractivity contribution in [1.29, 1.82) is 0 Å². The number of rotatable bonds is 6. The van der Waals surface area contributed by atoms with Crippen molar-refractivity contribution >= 4 is 38.9 Å². The highest BCUT2D eigenvalue weighted by molar-refractivity contribution is 7.91. The Balaban J connectivity index is 1.81. The standard InChI is InChI=1S/C19H18Cl2FNO4S/c20-15-5-3-6-17(22)14(15)10-23(13-8-9-28(25,26)12-13)19(24)11-27-18-7-2-1-4-16(18)21/h1-7,13H,8-12H2. The first kappa shape index (κ1) is 20.9. The molecule has 1 fully saturated rings. The zero-order chi connectivity index (χ0) is 20.3. The molecule has 1 atom stereocenters. The van der Waals surface area contributed by atoms with Crippen molar-refractivity contribution < 1.29 is 22.3 Å². The highest BCUT2D eigenvalue weighted by Crippen LogP contribution is 2.26. The van der Waals surface area contributed by atoms with Crippen molar-refractivity contribution in [2.75, 3.05) is 18.1 Å². The summed E-state index contributed by atoms with van der Waals surface area (Å²) in [7, 11) is -3.24. The van der Waals surface area contributed by atoms with Gasteiger partial charge in [-0.3, -0.25) is 4.79 Å². The van der Waals surface area contributed by atoms with E-state index in [1.165, 1.54) is 23.1 Å². The quantitative estimate of drug-likeness (QED) is 0.679. The molecule has 0 N–H and O–H groups in total. The smallest absolute Gasteiger partial charge is 0.261 e. The summed E-state index contributed by atoms with van der Waals surface area (Å²) in [4.78, 5) is 14.2. The van der Waals surface area contributed by atoms with Gasteiger partial charge in [-0.05, 0) is 30.7 Å². The van der Waals surface area contributed by atoms with Crippen LogP contribution in [-0.2, 0) is 21.2 Å². The molecule has 1 amide bonds. The van der Waals surface area contributed by atoms with Gasteiger partial charge < -0.3 is 9.64 Å². The van der Waals surface area contributed by atoms with E-state index in [1.807, 2.05) is 0 Å². The van der Waals surface area contributed by atoms with E-state index >= 15 is 0 Å². The summed E-state index contributed by atoms with van der Waals surface area (Å²) in [5.41, 5.74) is 0.138. The van der Waals surface area contributed by atoms with Gasteiger partial charge in [0.15, 0.2) is 16.4 Å². The highest BCUT2D eigenvalue weighted by Gasteiger charge is 2.35. The van der Waals surface area contributed by atoms with Crippen LogP contribution in [0.15, 0.2) is 42.5 Å². The Bertz CT molecular complexity index is 963. The van der Waals surface area contributed by atoms with Crippen LogP contribution in [-0.4, -0.2) is 43.4 Å². The molecule has 1 unspecified atom stereocenters. The monoisotopic (exact) mass is 445 g/mol. The number of sulfone groups is 1. The van der Waals surface area contributed by atoms with E-state index in [2.05, 4.69) is 0 Å². The molecule has 0 radical (unpaired) electrons. The van der Waals surface area contributed by atoms with Crippen LogP contribution in [0.25, 0.3) is 0 Å². The summed E-state index contributed by atoms with van der Waals surface area (Å²) >= 11 is 12.1. The zero-order valence-electron chi connectivity index (χ0n) is 14.8. The molecule has 5 nitrogen and oxygen atoms in total. The summed E-state index contributed by atoms with van der Waals surface area (Å²) in [6.45, 7) is -0.497. The molecule has 150 valence electrons. The van der Waals surface area contributed by atoms with Crippen LogP contribution in [0.4, 0.5) is 4.39 Å². The van der Waals surface area contributed by atoms with Crippen molar-refractivity contribution in [3.05, 3.63) is 63.9 Å². The number of hydrogen-bond acceptors (Lipinski definition) is 4. The number of halogens is 3. The minimum Gasteiger partial charge on any atom is -0.482 e. The molecule has 2 aromatic carbocycles. The van der Waals surface area contributed by atoms with Gasteiger partial charge in [-0.1, -0.05) is 41.4 Å². The van der Waals surface area contributed by atoms with E-state index in [-0.39, 0.29) is 41.7 Å². The Morgan fingerprint density at radius 2 is 1.86 bits per heavy atom. The average molecular weight is 446 g/mol. The topological polar surface area (TPSA) is 63.7 Å². The second-order valence-corrected chi connectivity index (χ2v) is 9.54. The van der Waals surface area contributed by atoms with Crippen LogP contribution in [0.2, 0.25) is 10.0 Å². The van der Waals surface area contributed by atoms with E-state index in [9.17, 15) is 17.6 Å². The molecule has 9 heteroatoms. The number of hydrogen-bond donors (Lipinski definition) is 0. The van der Waals surface area contributed by atoms with Crippen LogP contribution < -0.4 is 4.74 Å². The number of amides is 1. The fourth-order valence-electron chi connectivity index (χ4n) is 3.08. The maximum absolute atomic E-state index is 14.2. The predicted octanol–water partition coefficient (Wildman–Crippen LogP) is 3.73. The van der Waals surface area contributed by atoms with Crippen LogP contribution in [0.1, 0.15) is 12.0 Å². The van der Waals surface area contributed by atoms with Crippen LogP contribution in [0.3, 0.4) is 0 Å². The Hall–Kier alpha value is -1.83. The van der Waals surface area contributed by atoms with E-state index in [4.69, 9.17) is 27.9 Å². The molecule has 28 heavy (non-hydrogen) atoms. The van der Waals surface area contributed by atoms with Gasteiger partial charge in [-0.25, -0.2) is 12.8 Å². The Labute approximate surface area is 172 Å². The van der Waals surface area contributed by atoms with Gasteiger partial charge >= 0.3 is 0 Å². The molecular formula is C19H18Cl2FNO4S. The number of carbonyl (C=O) groups is 1. The lowest BCUT2D eigenvalue weighted by Crippen LogP contribution is -2.43. The van der Waals surface area contributed by atoms with Crippen molar-refractivity contribution in [2.45, 2.75) is 19.0 Å². The Kier molecular flexibility index (Phi) is 6.47. The van der Waals surface area contributed by atoms with E-state index in [0.29, 0.717) is 10.8 Å². The lowest BCUT2D eigenvalue weighted by Gasteiger charge is -2.29. The molecule has 1 aliphatic rings. The molecule has 3 rings (SSSR count). The van der Waals surface area contributed by atoms with E-state index < -0.39 is 27.6 Å². The third kappa shape index (κ3) is 4.96. The number of carbonyl (C=O) groups excluding carboxylic acids is 1. The SMILES string of the molecule is O=C(COc1ccccc1Cl)N(Cc1c(F)cccc1Cl)C1CCS(=O)(=O)C1. The molecular weight excluding hydrogens is 428 g/mol. The van der Waals surface area contributed by atoms with Crippen LogP contribution >= 0.6 is 23.2 Å². The first-order chi connectivity index (χ1) is 13.3. The second-order valence-electron chi connectivity index (χ2n) is 6.50. The first-order valence-electron chi connectivity index (χ1n) is 8.57. The largest absolute Gasteiger partial charge is 0.482 e. The van der Waals surface area contributed by atoms with Crippen molar-refractivity contribution in [2.24, 2.45) is 0 Å². The van der Waals surface area contributed by atoms with Gasteiger partial charge in [0.1, 0.15) is 11.6 Å². The molecule has 0 bridgehead atoms. The van der Waals surface area contributed by atoms with Gasteiger partial charge in [0, 0.05) is 16.6 Å². The molecule has 2 aromatic rings. The minimum absolute atomic E-state index is 0.0161. The summed E-state index contributed by atoms with van der Waals surface area (Å²) < 4.78 is 43.5. The summed E-state index contributed by atoms with van der Waals surface area (Å²) in [6.07, 6.45) is 0.284. The number of nitrogens with zero attached hydrogens (tertiary/aromatic N) is 1. The third-order valence-corrected chi connectivity index (χ3v) is 6.96. The number of para-hydroxylation sites is 1. The maximum atomic E-state index is 14.2. The van der Waals surface area contributed by atoms with Gasteiger partial charge in [0.25, 0.3) is 5.91 Å². The third-order valence-electron chi connectivity index (χ3n) is 4.55. The van der Waals surface area contributed by atoms with Gasteiger partial charge in [-0.15, -0.1) is 0 Å². The number of ether oxygens (including phenoxy) is 1. The molecule has 1 aliphatic heterocycles. The Morgan fingerprint density at radius 3 is 2.50 bits per heavy atom. The predicted molar refractivity (Wildman–Crippen MR) is 106 cm³/mol. The highest BCUT2D eigenvalue weighted by atomic mass is 35.5. The summed E-state index contributed by atoms with van der Waals surface area (Å²) in [5, 5.41) is 0.521. The average Bonchev–Trinajstić information content (AvgIpc) is 3.00. The first-order valence-corrected chi connectivity index (χ1v) is 11.1. The molecule has 1 saturated heterocycles. The summed E-state index contributed by atoms with van der Waals surface area (Å²) in [6, 6.07) is 10.4. The molecule has 0 aliphatic carbocycles. The lowest BCUT2D eigenvalue weighted by atomic mass is 10.1. The normalized spacial score (nSPS) is 18.0. The summed E-state index contributed by atoms with van der Waals surface area (Å²) in [5.74, 6) is -0.880. The second kappa shape index (κ2) is 8.68. The molecule has 0 spiro atoms. The van der Waals surface area contributed by atoms with E-state index in [0.717, 1.165) is 0 Å². The maximum Gasteiger partial charge on any atom is 0.261 e.